The third-order valence-corrected chi connectivity index (χ3v) is 2.21. The average Bonchev–Trinajstić information content (AvgIpc) is 2.05. The Morgan fingerprint density at radius 1 is 1.08 bits per heavy atom. The molecule has 2 atom stereocenters. The van der Waals surface area contributed by atoms with Gasteiger partial charge >= 0.3 is 0 Å². The zero-order valence-electron chi connectivity index (χ0n) is 8.69. The smallest absolute Gasteiger partial charge is 0.101 e. The van der Waals surface area contributed by atoms with Crippen molar-refractivity contribution in [1.29, 1.82) is 0 Å². The van der Waals surface area contributed by atoms with E-state index in [9.17, 15) is 5.26 Å². The molecule has 0 aliphatic heterocycles. The Balaban J connectivity index is 4.03. The van der Waals surface area contributed by atoms with Gasteiger partial charge in [0.1, 0.15) is 6.10 Å². The lowest BCUT2D eigenvalue weighted by Crippen LogP contribution is -2.29. The minimum absolute atomic E-state index is 0.133. The second kappa shape index (κ2) is 6.32. The van der Waals surface area contributed by atoms with E-state index in [1.807, 2.05) is 27.7 Å². The maximum Gasteiger partial charge on any atom is 0.101 e. The summed E-state index contributed by atoms with van der Waals surface area (Å²) in [4.78, 5) is 8.33. The molecule has 0 saturated heterocycles. The Labute approximate surface area is 79.3 Å². The van der Waals surface area contributed by atoms with Crippen molar-refractivity contribution in [1.82, 2.24) is 0 Å². The predicted octanol–water partition coefficient (Wildman–Crippen LogP) is 2.28. The average molecular weight is 191 g/mol. The fourth-order valence-electron chi connectivity index (χ4n) is 1.09. The largest absolute Gasteiger partial charge is 0.252 e. The van der Waals surface area contributed by atoms with Crippen LogP contribution in [-0.2, 0) is 15.0 Å². The van der Waals surface area contributed by atoms with Gasteiger partial charge in [0.2, 0.25) is 0 Å². The van der Waals surface area contributed by atoms with Crippen molar-refractivity contribution in [2.45, 2.75) is 46.3 Å². The van der Waals surface area contributed by atoms with Gasteiger partial charge in [-0.25, -0.2) is 9.78 Å². The van der Waals surface area contributed by atoms with E-state index in [1.165, 1.54) is 0 Å². The van der Waals surface area contributed by atoms with Gasteiger partial charge in [-0.3, -0.25) is 5.26 Å². The maximum atomic E-state index is 10.3. The van der Waals surface area contributed by atoms with Crippen LogP contribution in [0.1, 0.15) is 34.1 Å². The molecule has 0 spiro atoms. The van der Waals surface area contributed by atoms with E-state index in [-0.39, 0.29) is 17.9 Å². The molecule has 4 heteroatoms. The van der Waals surface area contributed by atoms with Gasteiger partial charge < -0.3 is 0 Å². The van der Waals surface area contributed by atoms with Crippen LogP contribution in [0.15, 0.2) is 0 Å². The highest BCUT2D eigenvalue weighted by Gasteiger charge is 2.23. The molecule has 1 radical (unpaired) electrons. The Kier molecular flexibility index (Phi) is 6.24. The molecule has 0 aromatic rings. The summed E-state index contributed by atoms with van der Waals surface area (Å²) in [5.41, 5.74) is 0. The normalized spacial score (nSPS) is 16.6. The molecule has 2 unspecified atom stereocenters. The summed E-state index contributed by atoms with van der Waals surface area (Å²) in [5, 5.41) is 18.9. The van der Waals surface area contributed by atoms with Crippen LogP contribution >= 0.6 is 0 Å². The van der Waals surface area contributed by atoms with Crippen molar-refractivity contribution in [3.63, 3.8) is 0 Å². The maximum absolute atomic E-state index is 10.3. The molecule has 4 nitrogen and oxygen atoms in total. The van der Waals surface area contributed by atoms with Crippen LogP contribution in [0.5, 0.6) is 0 Å². The molecule has 0 fully saturated rings. The molecule has 0 aliphatic rings. The highest BCUT2D eigenvalue weighted by molar-refractivity contribution is 4.70. The highest BCUT2D eigenvalue weighted by atomic mass is 17.1. The fourth-order valence-corrected chi connectivity index (χ4v) is 1.09. The molecule has 0 aromatic heterocycles. The first-order valence-electron chi connectivity index (χ1n) is 4.61. The van der Waals surface area contributed by atoms with Crippen molar-refractivity contribution >= 4 is 0 Å². The van der Waals surface area contributed by atoms with Gasteiger partial charge in [-0.05, 0) is 17.1 Å². The van der Waals surface area contributed by atoms with Crippen molar-refractivity contribution in [2.75, 3.05) is 0 Å². The second-order valence-electron chi connectivity index (χ2n) is 4.00. The van der Waals surface area contributed by atoms with E-state index >= 15 is 0 Å². The molecule has 0 saturated carbocycles. The molecule has 79 valence electrons. The zero-order chi connectivity index (χ0) is 10.4. The van der Waals surface area contributed by atoms with Gasteiger partial charge in [-0.1, -0.05) is 27.7 Å². The van der Waals surface area contributed by atoms with E-state index in [4.69, 9.17) is 5.26 Å². The lowest BCUT2D eigenvalue weighted by atomic mass is 9.95. The Bertz CT molecular complexity index is 111. The zero-order valence-corrected chi connectivity index (χ0v) is 8.69. The number of rotatable bonds is 6. The van der Waals surface area contributed by atoms with Crippen LogP contribution in [-0.4, -0.2) is 17.5 Å². The third-order valence-electron chi connectivity index (χ3n) is 2.21. The van der Waals surface area contributed by atoms with Crippen molar-refractivity contribution < 1.29 is 20.3 Å². The van der Waals surface area contributed by atoms with Gasteiger partial charge in [-0.2, -0.15) is 0 Å². The van der Waals surface area contributed by atoms with Crippen LogP contribution in [0.2, 0.25) is 0 Å². The Morgan fingerprint density at radius 3 is 1.77 bits per heavy atom. The van der Waals surface area contributed by atoms with Crippen LogP contribution in [0, 0.1) is 11.8 Å². The van der Waals surface area contributed by atoms with Crippen molar-refractivity contribution in [3.05, 3.63) is 0 Å². The quantitative estimate of drug-likeness (QED) is 0.517. The number of hydrogen-bond donors (Lipinski definition) is 1. The van der Waals surface area contributed by atoms with E-state index < -0.39 is 6.10 Å². The van der Waals surface area contributed by atoms with Gasteiger partial charge in [0, 0.05) is 6.42 Å². The summed E-state index contributed by atoms with van der Waals surface area (Å²) in [5.74, 6) is 0.301. The lowest BCUT2D eigenvalue weighted by molar-refractivity contribution is -0.358. The first-order valence-corrected chi connectivity index (χ1v) is 4.61. The van der Waals surface area contributed by atoms with E-state index in [0.29, 0.717) is 6.42 Å². The molecule has 0 aromatic carbocycles. The van der Waals surface area contributed by atoms with E-state index in [2.05, 4.69) is 9.78 Å². The minimum Gasteiger partial charge on any atom is -0.252 e. The van der Waals surface area contributed by atoms with Crippen LogP contribution in [0.25, 0.3) is 0 Å². The van der Waals surface area contributed by atoms with Crippen molar-refractivity contribution in [3.8, 4) is 0 Å². The highest BCUT2D eigenvalue weighted by Crippen LogP contribution is 2.18. The Hall–Kier alpha value is -0.160. The van der Waals surface area contributed by atoms with Crippen LogP contribution in [0.3, 0.4) is 0 Å². The summed E-state index contributed by atoms with van der Waals surface area (Å²) in [6, 6.07) is 0. The fraction of sp³-hybridized carbons (Fsp3) is 1.00. The van der Waals surface area contributed by atoms with Crippen molar-refractivity contribution in [2.24, 2.45) is 11.8 Å². The monoisotopic (exact) mass is 191 g/mol. The SMILES string of the molecule is CC(C)C(CC(OO)C(C)C)O[O]. The van der Waals surface area contributed by atoms with Crippen LogP contribution in [0.4, 0.5) is 0 Å². The van der Waals surface area contributed by atoms with Gasteiger partial charge in [0.15, 0.2) is 0 Å². The van der Waals surface area contributed by atoms with E-state index in [0.717, 1.165) is 0 Å². The molecular weight excluding hydrogens is 172 g/mol. The number of hydrogen-bond acceptors (Lipinski definition) is 3. The first kappa shape index (κ1) is 12.8. The predicted molar refractivity (Wildman–Crippen MR) is 47.4 cm³/mol. The summed E-state index contributed by atoms with van der Waals surface area (Å²) in [6.45, 7) is 7.64. The summed E-state index contributed by atoms with van der Waals surface area (Å²) >= 11 is 0. The molecule has 1 N–H and O–H groups in total. The van der Waals surface area contributed by atoms with Crippen LogP contribution < -0.4 is 0 Å². The first-order chi connectivity index (χ1) is 6.02. The van der Waals surface area contributed by atoms with Gasteiger partial charge in [0.05, 0.1) is 6.10 Å². The van der Waals surface area contributed by atoms with Gasteiger partial charge in [0.25, 0.3) is 0 Å². The summed E-state index contributed by atoms with van der Waals surface area (Å²) in [6.07, 6.45) is -0.309. The molecule has 0 aliphatic carbocycles. The van der Waals surface area contributed by atoms with Gasteiger partial charge in [-0.15, -0.1) is 0 Å². The molecule has 13 heavy (non-hydrogen) atoms. The van der Waals surface area contributed by atoms with E-state index in [1.54, 1.807) is 0 Å². The standard InChI is InChI=1S/C9H19O4/c1-6(2)8(12-10)5-9(13-11)7(3)4/h6-10H,5H2,1-4H3. The second-order valence-corrected chi connectivity index (χ2v) is 4.00. The molecular formula is C9H19O4. The Morgan fingerprint density at radius 2 is 1.54 bits per heavy atom. The topological polar surface area (TPSA) is 58.6 Å². The minimum atomic E-state index is -0.403. The third kappa shape index (κ3) is 4.57. The molecule has 0 heterocycles. The molecule has 0 amide bonds. The lowest BCUT2D eigenvalue weighted by Gasteiger charge is -2.23. The summed E-state index contributed by atoms with van der Waals surface area (Å²) in [7, 11) is 0. The molecule has 0 bridgehead atoms. The summed E-state index contributed by atoms with van der Waals surface area (Å²) < 4.78 is 0. The molecule has 0 rings (SSSR count).